The minimum atomic E-state index is 0.429. The molecule has 0 spiro atoms. The minimum Gasteiger partial charge on any atom is -0.369 e. The third kappa shape index (κ3) is 4.70. The monoisotopic (exact) mass is 401 g/mol. The molecular formula is C22H32ClN5. The lowest BCUT2D eigenvalue weighted by molar-refractivity contribution is 0.0887. The molecule has 0 N–H and O–H groups in total. The SMILES string of the molecule is CC(C)n1cc(CN2CCC[C@H](N3CCN(c4cccc(Cl)c4)CC3)C2)cn1. The van der Waals surface area contributed by atoms with Gasteiger partial charge in [-0.15, -0.1) is 0 Å². The molecule has 3 heterocycles. The number of rotatable bonds is 5. The van der Waals surface area contributed by atoms with Crippen molar-refractivity contribution in [1.82, 2.24) is 19.6 Å². The van der Waals surface area contributed by atoms with Crippen LogP contribution in [0.3, 0.4) is 0 Å². The Kier molecular flexibility index (Phi) is 6.24. The van der Waals surface area contributed by atoms with E-state index in [9.17, 15) is 0 Å². The number of hydrogen-bond donors (Lipinski definition) is 0. The maximum Gasteiger partial charge on any atom is 0.0534 e. The van der Waals surface area contributed by atoms with Gasteiger partial charge in [0.15, 0.2) is 0 Å². The highest BCUT2D eigenvalue weighted by molar-refractivity contribution is 6.30. The third-order valence-electron chi connectivity index (χ3n) is 6.07. The molecule has 2 fully saturated rings. The van der Waals surface area contributed by atoms with Crippen molar-refractivity contribution >= 4 is 17.3 Å². The number of hydrogen-bond acceptors (Lipinski definition) is 4. The maximum atomic E-state index is 6.17. The summed E-state index contributed by atoms with van der Waals surface area (Å²) in [4.78, 5) is 7.77. The average molecular weight is 402 g/mol. The molecule has 6 heteroatoms. The van der Waals surface area contributed by atoms with Crippen LogP contribution in [-0.2, 0) is 6.54 Å². The van der Waals surface area contributed by atoms with Crippen molar-refractivity contribution < 1.29 is 0 Å². The molecule has 0 unspecified atom stereocenters. The Morgan fingerprint density at radius 3 is 2.68 bits per heavy atom. The zero-order valence-electron chi connectivity index (χ0n) is 17.1. The molecule has 0 saturated carbocycles. The second-order valence-corrected chi connectivity index (χ2v) is 8.89. The van der Waals surface area contributed by atoms with E-state index in [2.05, 4.69) is 56.7 Å². The lowest BCUT2D eigenvalue weighted by atomic mass is 10.0. The first kappa shape index (κ1) is 19.7. The number of piperazine rings is 1. The maximum absolute atomic E-state index is 6.17. The van der Waals surface area contributed by atoms with Crippen LogP contribution in [0.2, 0.25) is 5.02 Å². The number of nitrogens with zero attached hydrogens (tertiary/aromatic N) is 5. The molecule has 2 saturated heterocycles. The minimum absolute atomic E-state index is 0.429. The largest absolute Gasteiger partial charge is 0.369 e. The van der Waals surface area contributed by atoms with E-state index in [1.165, 1.54) is 37.2 Å². The smallest absolute Gasteiger partial charge is 0.0534 e. The van der Waals surface area contributed by atoms with Crippen molar-refractivity contribution in [2.45, 2.75) is 45.3 Å². The number of halogens is 1. The van der Waals surface area contributed by atoms with E-state index in [0.29, 0.717) is 12.1 Å². The van der Waals surface area contributed by atoms with Gasteiger partial charge in [-0.25, -0.2) is 0 Å². The summed E-state index contributed by atoms with van der Waals surface area (Å²) >= 11 is 6.17. The second-order valence-electron chi connectivity index (χ2n) is 8.46. The highest BCUT2D eigenvalue weighted by Crippen LogP contribution is 2.24. The molecule has 0 aliphatic carbocycles. The molecule has 5 nitrogen and oxygen atoms in total. The highest BCUT2D eigenvalue weighted by atomic mass is 35.5. The van der Waals surface area contributed by atoms with E-state index >= 15 is 0 Å². The molecular weight excluding hydrogens is 370 g/mol. The van der Waals surface area contributed by atoms with Crippen LogP contribution < -0.4 is 4.90 Å². The molecule has 0 bridgehead atoms. The van der Waals surface area contributed by atoms with Gasteiger partial charge in [0.1, 0.15) is 0 Å². The molecule has 28 heavy (non-hydrogen) atoms. The van der Waals surface area contributed by atoms with Crippen LogP contribution >= 0.6 is 11.6 Å². The first-order chi connectivity index (χ1) is 13.6. The fourth-order valence-corrected chi connectivity index (χ4v) is 4.68. The molecule has 2 aliphatic rings. The Morgan fingerprint density at radius 2 is 1.96 bits per heavy atom. The zero-order chi connectivity index (χ0) is 19.5. The van der Waals surface area contributed by atoms with Crippen LogP contribution in [0.4, 0.5) is 5.69 Å². The summed E-state index contributed by atoms with van der Waals surface area (Å²) in [6.45, 7) is 12.2. The summed E-state index contributed by atoms with van der Waals surface area (Å²) in [6.07, 6.45) is 6.85. The third-order valence-corrected chi connectivity index (χ3v) is 6.31. The number of aromatic nitrogens is 2. The first-order valence-electron chi connectivity index (χ1n) is 10.6. The Balaban J connectivity index is 1.30. The first-order valence-corrected chi connectivity index (χ1v) is 11.0. The van der Waals surface area contributed by atoms with Gasteiger partial charge in [-0.05, 0) is 51.4 Å². The van der Waals surface area contributed by atoms with Crippen LogP contribution in [0.15, 0.2) is 36.7 Å². The summed E-state index contributed by atoms with van der Waals surface area (Å²) in [5, 5.41) is 5.32. The predicted molar refractivity (Wildman–Crippen MR) is 116 cm³/mol. The molecule has 152 valence electrons. The zero-order valence-corrected chi connectivity index (χ0v) is 17.9. The highest BCUT2D eigenvalue weighted by Gasteiger charge is 2.28. The van der Waals surface area contributed by atoms with Gasteiger partial charge >= 0.3 is 0 Å². The summed E-state index contributed by atoms with van der Waals surface area (Å²) in [6, 6.07) is 9.35. The summed E-state index contributed by atoms with van der Waals surface area (Å²) in [5.41, 5.74) is 2.58. The predicted octanol–water partition coefficient (Wildman–Crippen LogP) is 3.90. The van der Waals surface area contributed by atoms with Gasteiger partial charge < -0.3 is 4.90 Å². The fourth-order valence-electron chi connectivity index (χ4n) is 4.49. The van der Waals surface area contributed by atoms with Gasteiger partial charge in [-0.2, -0.15) is 5.10 Å². The second kappa shape index (κ2) is 8.85. The quantitative estimate of drug-likeness (QED) is 0.759. The number of benzene rings is 1. The number of anilines is 1. The van der Waals surface area contributed by atoms with Crippen molar-refractivity contribution in [1.29, 1.82) is 0 Å². The summed E-state index contributed by atoms with van der Waals surface area (Å²) < 4.78 is 2.06. The van der Waals surface area contributed by atoms with Crippen LogP contribution in [0.25, 0.3) is 0 Å². The van der Waals surface area contributed by atoms with Crippen LogP contribution in [0.1, 0.15) is 38.3 Å². The molecule has 0 amide bonds. The van der Waals surface area contributed by atoms with E-state index in [1.54, 1.807) is 0 Å². The lowest BCUT2D eigenvalue weighted by Crippen LogP contribution is -2.55. The van der Waals surface area contributed by atoms with Gasteiger partial charge in [-0.3, -0.25) is 14.5 Å². The standard InChI is InChI=1S/C22H32ClN5/c1-18(2)28-16-19(14-24-28)15-25-8-4-7-22(17-25)27-11-9-26(10-12-27)21-6-3-5-20(23)13-21/h3,5-6,13-14,16,18,22H,4,7-12,15,17H2,1-2H3/t22-/m0/s1. The van der Waals surface area contributed by atoms with Crippen molar-refractivity contribution in [3.8, 4) is 0 Å². The van der Waals surface area contributed by atoms with Crippen molar-refractivity contribution in [3.05, 3.63) is 47.2 Å². The van der Waals surface area contributed by atoms with E-state index < -0.39 is 0 Å². The normalized spacial score (nSPS) is 22.1. The van der Waals surface area contributed by atoms with Gasteiger partial charge in [0, 0.05) is 73.8 Å². The number of piperidine rings is 1. The van der Waals surface area contributed by atoms with E-state index in [1.807, 2.05) is 18.3 Å². The Labute approximate surface area is 173 Å². The van der Waals surface area contributed by atoms with Gasteiger partial charge in [-0.1, -0.05) is 17.7 Å². The van der Waals surface area contributed by atoms with Crippen molar-refractivity contribution in [2.24, 2.45) is 0 Å². The number of likely N-dealkylation sites (tertiary alicyclic amines) is 1. The van der Waals surface area contributed by atoms with Gasteiger partial charge in [0.05, 0.1) is 6.20 Å². The van der Waals surface area contributed by atoms with Gasteiger partial charge in [0.2, 0.25) is 0 Å². The van der Waals surface area contributed by atoms with Crippen LogP contribution in [-0.4, -0.2) is 64.9 Å². The molecule has 0 radical (unpaired) electrons. The average Bonchev–Trinajstić information content (AvgIpc) is 3.17. The molecule has 2 aromatic rings. The summed E-state index contributed by atoms with van der Waals surface area (Å²) in [5.74, 6) is 0. The molecule has 1 aromatic carbocycles. The Hall–Kier alpha value is -1.56. The van der Waals surface area contributed by atoms with Crippen LogP contribution in [0, 0.1) is 0 Å². The molecule has 2 aliphatic heterocycles. The van der Waals surface area contributed by atoms with Crippen molar-refractivity contribution in [2.75, 3.05) is 44.2 Å². The van der Waals surface area contributed by atoms with E-state index in [0.717, 1.165) is 37.7 Å². The fraction of sp³-hybridized carbons (Fsp3) is 0.591. The molecule has 4 rings (SSSR count). The molecule has 1 atom stereocenters. The topological polar surface area (TPSA) is 27.5 Å². The van der Waals surface area contributed by atoms with Crippen molar-refractivity contribution in [3.63, 3.8) is 0 Å². The Bertz CT molecular complexity index is 766. The van der Waals surface area contributed by atoms with E-state index in [4.69, 9.17) is 11.6 Å². The van der Waals surface area contributed by atoms with Gasteiger partial charge in [0.25, 0.3) is 0 Å². The lowest BCUT2D eigenvalue weighted by Gasteiger charge is -2.44. The summed E-state index contributed by atoms with van der Waals surface area (Å²) in [7, 11) is 0. The van der Waals surface area contributed by atoms with E-state index in [-0.39, 0.29) is 0 Å². The van der Waals surface area contributed by atoms with Crippen LogP contribution in [0.5, 0.6) is 0 Å². The Morgan fingerprint density at radius 1 is 1.14 bits per heavy atom. The molecule has 1 aromatic heterocycles.